The summed E-state index contributed by atoms with van der Waals surface area (Å²) in [5.41, 5.74) is 3.81. The van der Waals surface area contributed by atoms with Gasteiger partial charge in [-0.05, 0) is 49.1 Å². The van der Waals surface area contributed by atoms with Gasteiger partial charge in [0, 0.05) is 32.1 Å². The monoisotopic (exact) mass is 356 g/mol. The Bertz CT molecular complexity index is 752. The molecule has 0 unspecified atom stereocenters. The van der Waals surface area contributed by atoms with Gasteiger partial charge < -0.3 is 10.2 Å². The number of rotatable bonds is 7. The molecule has 2 rings (SSSR count). The fourth-order valence-electron chi connectivity index (χ4n) is 2.79. The van der Waals surface area contributed by atoms with E-state index in [2.05, 4.69) is 5.32 Å². The normalized spacial score (nSPS) is 10.5. The maximum Gasteiger partial charge on any atom is 0.226 e. The highest BCUT2D eigenvalue weighted by molar-refractivity contribution is 5.92. The van der Waals surface area contributed by atoms with Gasteiger partial charge in [0.05, 0.1) is 0 Å². The number of hydrogen-bond acceptors (Lipinski definition) is 2. The molecule has 0 saturated heterocycles. The van der Waals surface area contributed by atoms with Crippen LogP contribution in [0.15, 0.2) is 42.5 Å². The van der Waals surface area contributed by atoms with Gasteiger partial charge in [-0.25, -0.2) is 4.39 Å². The molecule has 138 valence electrons. The van der Waals surface area contributed by atoms with Crippen molar-refractivity contribution in [3.8, 4) is 0 Å². The summed E-state index contributed by atoms with van der Waals surface area (Å²) in [6.07, 6.45) is 0.856. The Morgan fingerprint density at radius 2 is 1.62 bits per heavy atom. The lowest BCUT2D eigenvalue weighted by Gasteiger charge is -2.21. The summed E-state index contributed by atoms with van der Waals surface area (Å²) in [6, 6.07) is 12.1. The van der Waals surface area contributed by atoms with E-state index in [0.717, 1.165) is 22.4 Å². The highest BCUT2D eigenvalue weighted by Gasteiger charge is 2.13. The lowest BCUT2D eigenvalue weighted by Crippen LogP contribution is -2.33. The largest absolute Gasteiger partial charge is 0.342 e. The van der Waals surface area contributed by atoms with Gasteiger partial charge in [0.2, 0.25) is 11.8 Å². The van der Waals surface area contributed by atoms with Crippen molar-refractivity contribution in [1.82, 2.24) is 4.90 Å². The third-order valence-corrected chi connectivity index (χ3v) is 4.38. The maximum absolute atomic E-state index is 13.0. The summed E-state index contributed by atoms with van der Waals surface area (Å²) in [5, 5.41) is 2.93. The molecule has 1 N–H and O–H groups in total. The van der Waals surface area contributed by atoms with Crippen molar-refractivity contribution in [3.05, 3.63) is 65.0 Å². The smallest absolute Gasteiger partial charge is 0.226 e. The Kier molecular flexibility index (Phi) is 6.89. The van der Waals surface area contributed by atoms with E-state index in [1.165, 1.54) is 19.1 Å². The van der Waals surface area contributed by atoms with Crippen LogP contribution in [0.3, 0.4) is 0 Å². The topological polar surface area (TPSA) is 49.4 Å². The Labute approximate surface area is 154 Å². The van der Waals surface area contributed by atoms with Crippen LogP contribution in [0.2, 0.25) is 0 Å². The van der Waals surface area contributed by atoms with E-state index in [1.807, 2.05) is 32.0 Å². The van der Waals surface area contributed by atoms with Gasteiger partial charge in [0.25, 0.3) is 0 Å². The molecule has 0 radical (unpaired) electrons. The van der Waals surface area contributed by atoms with Crippen molar-refractivity contribution >= 4 is 17.5 Å². The highest BCUT2D eigenvalue weighted by atomic mass is 19.1. The zero-order valence-corrected chi connectivity index (χ0v) is 15.5. The SMILES string of the molecule is CC(=O)N(CCC(=O)Nc1c(C)cccc1C)CCc1ccc(F)cc1. The number of carbonyl (C=O) groups excluding carboxylic acids is 2. The standard InChI is InChI=1S/C21H25FN2O2/c1-15-5-4-6-16(2)21(15)23-20(26)12-14-24(17(3)25)13-11-18-7-9-19(22)10-8-18/h4-10H,11-14H2,1-3H3,(H,23,26). The van der Waals surface area contributed by atoms with Crippen LogP contribution in [0, 0.1) is 19.7 Å². The van der Waals surface area contributed by atoms with Gasteiger partial charge in [-0.1, -0.05) is 30.3 Å². The van der Waals surface area contributed by atoms with Gasteiger partial charge >= 0.3 is 0 Å². The number of benzene rings is 2. The van der Waals surface area contributed by atoms with E-state index in [-0.39, 0.29) is 24.1 Å². The fourth-order valence-corrected chi connectivity index (χ4v) is 2.79. The number of carbonyl (C=O) groups is 2. The molecule has 0 aromatic heterocycles. The average molecular weight is 356 g/mol. The quantitative estimate of drug-likeness (QED) is 0.819. The van der Waals surface area contributed by atoms with Crippen LogP contribution < -0.4 is 5.32 Å². The summed E-state index contributed by atoms with van der Waals surface area (Å²) in [5.74, 6) is -0.470. The second-order valence-electron chi connectivity index (χ2n) is 6.45. The van der Waals surface area contributed by atoms with Gasteiger partial charge in [0.1, 0.15) is 5.82 Å². The molecule has 0 fully saturated rings. The first kappa shape index (κ1) is 19.6. The number of nitrogens with zero attached hydrogens (tertiary/aromatic N) is 1. The molecule has 2 amide bonds. The molecule has 0 aliphatic carbocycles. The van der Waals surface area contributed by atoms with Crippen LogP contribution in [0.1, 0.15) is 30.0 Å². The summed E-state index contributed by atoms with van der Waals surface area (Å²) >= 11 is 0. The van der Waals surface area contributed by atoms with E-state index in [4.69, 9.17) is 0 Å². The molecular weight excluding hydrogens is 331 g/mol. The number of halogens is 1. The third-order valence-electron chi connectivity index (χ3n) is 4.38. The van der Waals surface area contributed by atoms with Crippen LogP contribution >= 0.6 is 0 Å². The van der Waals surface area contributed by atoms with Gasteiger partial charge in [-0.3, -0.25) is 9.59 Å². The Hall–Kier alpha value is -2.69. The predicted octanol–water partition coefficient (Wildman–Crippen LogP) is 3.86. The van der Waals surface area contributed by atoms with Gasteiger partial charge in [-0.2, -0.15) is 0 Å². The fraction of sp³-hybridized carbons (Fsp3) is 0.333. The Morgan fingerprint density at radius 1 is 1.00 bits per heavy atom. The minimum atomic E-state index is -0.277. The number of para-hydroxylation sites is 1. The summed E-state index contributed by atoms with van der Waals surface area (Å²) in [7, 11) is 0. The van der Waals surface area contributed by atoms with E-state index >= 15 is 0 Å². The molecule has 0 aliphatic heterocycles. The number of amides is 2. The minimum absolute atomic E-state index is 0.0769. The van der Waals surface area contributed by atoms with Crippen molar-refractivity contribution in [2.45, 2.75) is 33.6 Å². The first-order valence-corrected chi connectivity index (χ1v) is 8.73. The number of anilines is 1. The molecule has 4 nitrogen and oxygen atoms in total. The second-order valence-corrected chi connectivity index (χ2v) is 6.45. The first-order valence-electron chi connectivity index (χ1n) is 8.73. The number of nitrogens with one attached hydrogen (secondary N) is 1. The van der Waals surface area contributed by atoms with Gasteiger partial charge in [-0.15, -0.1) is 0 Å². The summed E-state index contributed by atoms with van der Waals surface area (Å²) in [4.78, 5) is 25.7. The van der Waals surface area contributed by atoms with Crippen molar-refractivity contribution < 1.29 is 14.0 Å². The molecule has 5 heteroatoms. The molecule has 0 spiro atoms. The number of hydrogen-bond donors (Lipinski definition) is 1. The number of aryl methyl sites for hydroxylation is 2. The first-order chi connectivity index (χ1) is 12.4. The molecule has 0 atom stereocenters. The zero-order valence-electron chi connectivity index (χ0n) is 15.5. The Balaban J connectivity index is 1.88. The molecule has 2 aromatic carbocycles. The molecule has 0 heterocycles. The second kappa shape index (κ2) is 9.13. The Morgan fingerprint density at radius 3 is 2.19 bits per heavy atom. The maximum atomic E-state index is 13.0. The van der Waals surface area contributed by atoms with Crippen molar-refractivity contribution in [3.63, 3.8) is 0 Å². The van der Waals surface area contributed by atoms with Crippen LogP contribution in [-0.4, -0.2) is 29.8 Å². The molecule has 0 bridgehead atoms. The van der Waals surface area contributed by atoms with Crippen molar-refractivity contribution in [1.29, 1.82) is 0 Å². The minimum Gasteiger partial charge on any atom is -0.342 e. The van der Waals surface area contributed by atoms with E-state index in [9.17, 15) is 14.0 Å². The molecule has 26 heavy (non-hydrogen) atoms. The highest BCUT2D eigenvalue weighted by Crippen LogP contribution is 2.19. The van der Waals surface area contributed by atoms with E-state index in [1.54, 1.807) is 17.0 Å². The van der Waals surface area contributed by atoms with Crippen LogP contribution in [0.5, 0.6) is 0 Å². The third kappa shape index (κ3) is 5.69. The molecule has 0 aliphatic rings. The van der Waals surface area contributed by atoms with Gasteiger partial charge in [0.15, 0.2) is 0 Å². The van der Waals surface area contributed by atoms with Crippen molar-refractivity contribution in [2.75, 3.05) is 18.4 Å². The predicted molar refractivity (Wildman–Crippen MR) is 102 cm³/mol. The molecular formula is C21H25FN2O2. The molecule has 0 saturated carbocycles. The van der Waals surface area contributed by atoms with Crippen LogP contribution in [0.25, 0.3) is 0 Å². The van der Waals surface area contributed by atoms with E-state index in [0.29, 0.717) is 19.5 Å². The lowest BCUT2D eigenvalue weighted by atomic mass is 10.1. The summed E-state index contributed by atoms with van der Waals surface area (Å²) in [6.45, 7) is 6.25. The van der Waals surface area contributed by atoms with E-state index < -0.39 is 0 Å². The van der Waals surface area contributed by atoms with Crippen molar-refractivity contribution in [2.24, 2.45) is 0 Å². The summed E-state index contributed by atoms with van der Waals surface area (Å²) < 4.78 is 13.0. The lowest BCUT2D eigenvalue weighted by molar-refractivity contribution is -0.129. The average Bonchev–Trinajstić information content (AvgIpc) is 2.59. The zero-order chi connectivity index (χ0) is 19.1. The van der Waals surface area contributed by atoms with Crippen LogP contribution in [-0.2, 0) is 16.0 Å². The molecule has 2 aromatic rings. The van der Waals surface area contributed by atoms with Crippen LogP contribution in [0.4, 0.5) is 10.1 Å².